The summed E-state index contributed by atoms with van der Waals surface area (Å²) in [5.74, 6) is -16.6. The normalized spacial score (nSPS) is 13.2. The fraction of sp³-hybridized carbons (Fsp3) is 0.400. The second-order valence-corrected chi connectivity index (χ2v) is 15.8. The van der Waals surface area contributed by atoms with Gasteiger partial charge in [0.25, 0.3) is 11.5 Å². The maximum Gasteiger partial charge on any atom is 0.327 e. The number of nitrogens with zero attached hydrogens (tertiary/aromatic N) is 3. The number of aromatic amines is 1. The number of fused-ring (bicyclic) bond motifs is 1. The molecule has 2 heterocycles. The summed E-state index contributed by atoms with van der Waals surface area (Å²) >= 11 is 3.78. The van der Waals surface area contributed by atoms with E-state index in [1.165, 1.54) is 30.5 Å². The van der Waals surface area contributed by atoms with Gasteiger partial charge in [-0.3, -0.25) is 58.3 Å². The third-order valence-electron chi connectivity index (χ3n) is 9.84. The van der Waals surface area contributed by atoms with Crippen molar-refractivity contribution >= 4 is 107 Å². The molecule has 0 saturated heterocycles. The van der Waals surface area contributed by atoms with Crippen molar-refractivity contribution in [2.24, 2.45) is 5.73 Å². The number of guanidine groups is 1. The van der Waals surface area contributed by atoms with Crippen LogP contribution in [0.1, 0.15) is 61.0 Å². The van der Waals surface area contributed by atoms with Gasteiger partial charge in [0, 0.05) is 30.0 Å². The molecular formula is C40H51N15O17S. The van der Waals surface area contributed by atoms with Crippen LogP contribution in [0.4, 0.5) is 11.6 Å². The number of hydrogen-bond donors (Lipinski definition) is 18. The average Bonchev–Trinajstić information content (AvgIpc) is 3.30. The number of benzene rings is 1. The minimum Gasteiger partial charge on any atom is -0.481 e. The lowest BCUT2D eigenvalue weighted by atomic mass is 10.1. The monoisotopic (exact) mass is 1050 g/mol. The number of carboxylic acids is 5. The van der Waals surface area contributed by atoms with Crippen molar-refractivity contribution in [2.45, 2.75) is 87.7 Å². The standard InChI is InChI=1S/C40H51N15O17S/c41-39(42)44-9-1-2-19(32(64)51-22(11-27(59)60)34(66)52-23(12-28(61)62)35(67)53-24(15-73)38(71)72)49-33(65)21(10-26(57)58)48-25(56)8-7-20(37(69)70)50-31(63)16-3-5-17(6-4-16)45-13-18-14-46-30-29(47-18)36(68)55-40(43)54-30/h3-6,14,19-24,45,73H,1-2,7-13,15H2,(H,48,56)(H,49,65)(H,50,63)(H,51,64)(H,52,66)(H,53,67)(H,57,58)(H,59,60)(H,61,62)(H,69,70)(H,71,72)(H4,41,42,44)(H3,43,46,54,55,68)/t19-,20-,21+,22-,23-,24-/m0/s1. The lowest BCUT2D eigenvalue weighted by Gasteiger charge is -2.26. The third kappa shape index (κ3) is 19.6. The number of H-pyrrole nitrogens is 1. The molecule has 6 atom stereocenters. The van der Waals surface area contributed by atoms with Crippen LogP contribution in [-0.4, -0.2) is 165 Å². The summed E-state index contributed by atoms with van der Waals surface area (Å²) < 4.78 is 0. The Kier molecular flexibility index (Phi) is 22.2. The minimum absolute atomic E-state index is 0.00363. The van der Waals surface area contributed by atoms with Gasteiger partial charge >= 0.3 is 29.8 Å². The van der Waals surface area contributed by atoms with E-state index in [0.29, 0.717) is 11.4 Å². The highest BCUT2D eigenvalue weighted by atomic mass is 32.1. The van der Waals surface area contributed by atoms with Crippen LogP contribution in [0.5, 0.6) is 0 Å². The smallest absolute Gasteiger partial charge is 0.327 e. The first-order valence-corrected chi connectivity index (χ1v) is 22.0. The van der Waals surface area contributed by atoms with Gasteiger partial charge in [-0.25, -0.2) is 19.6 Å². The van der Waals surface area contributed by atoms with Crippen LogP contribution in [0.15, 0.2) is 35.3 Å². The van der Waals surface area contributed by atoms with E-state index < -0.39 is 157 Å². The van der Waals surface area contributed by atoms with Crippen LogP contribution in [0, 0.1) is 5.41 Å². The van der Waals surface area contributed by atoms with Crippen LogP contribution < -0.4 is 59.6 Å². The van der Waals surface area contributed by atoms with Gasteiger partial charge in [-0.1, -0.05) is 0 Å². The predicted octanol–water partition coefficient (Wildman–Crippen LogP) is -5.00. The second kappa shape index (κ2) is 27.9. The number of anilines is 2. The summed E-state index contributed by atoms with van der Waals surface area (Å²) in [6.07, 6.45) is -3.88. The van der Waals surface area contributed by atoms with E-state index >= 15 is 0 Å². The van der Waals surface area contributed by atoms with Crippen molar-refractivity contribution in [1.82, 2.24) is 57.2 Å². The number of carbonyl (C=O) groups is 11. The summed E-state index contributed by atoms with van der Waals surface area (Å²) in [6, 6.07) is -5.54. The molecule has 0 aliphatic rings. The Balaban J connectivity index is 1.70. The Bertz CT molecular complexity index is 2650. The lowest BCUT2D eigenvalue weighted by molar-refractivity contribution is -0.144. The zero-order chi connectivity index (χ0) is 54.5. The Morgan fingerprint density at radius 2 is 1.18 bits per heavy atom. The summed E-state index contributed by atoms with van der Waals surface area (Å²) in [4.78, 5) is 165. The van der Waals surface area contributed by atoms with Crippen LogP contribution >= 0.6 is 12.6 Å². The van der Waals surface area contributed by atoms with Gasteiger partial charge in [0.15, 0.2) is 17.1 Å². The van der Waals surface area contributed by atoms with Gasteiger partial charge in [-0.2, -0.15) is 17.6 Å². The molecule has 73 heavy (non-hydrogen) atoms. The van der Waals surface area contributed by atoms with Crippen LogP contribution in [0.2, 0.25) is 0 Å². The van der Waals surface area contributed by atoms with E-state index in [-0.39, 0.29) is 42.2 Å². The van der Waals surface area contributed by atoms with Crippen LogP contribution in [-0.2, 0) is 54.5 Å². The van der Waals surface area contributed by atoms with Crippen LogP contribution in [0.25, 0.3) is 11.2 Å². The Hall–Kier alpha value is -9.17. The number of aromatic nitrogens is 4. The summed E-state index contributed by atoms with van der Waals surface area (Å²) in [5.41, 5.74) is 11.0. The molecule has 0 radical (unpaired) electrons. The van der Waals surface area contributed by atoms with Crippen molar-refractivity contribution in [3.8, 4) is 0 Å². The number of hydrogen-bond acceptors (Lipinski definition) is 19. The van der Waals surface area contributed by atoms with Gasteiger partial charge < -0.3 is 79.5 Å². The Morgan fingerprint density at radius 1 is 0.671 bits per heavy atom. The van der Waals surface area contributed by atoms with Crippen molar-refractivity contribution < 1.29 is 78.3 Å². The summed E-state index contributed by atoms with van der Waals surface area (Å²) in [6.45, 7) is -0.0194. The van der Waals surface area contributed by atoms with E-state index in [2.05, 4.69) is 59.1 Å². The molecule has 19 N–H and O–H groups in total. The van der Waals surface area contributed by atoms with Crippen molar-refractivity contribution in [2.75, 3.05) is 23.3 Å². The number of aliphatic carboxylic acids is 5. The van der Waals surface area contributed by atoms with E-state index in [4.69, 9.17) is 16.9 Å². The molecule has 2 aromatic heterocycles. The minimum atomic E-state index is -2.10. The molecule has 0 fully saturated rings. The first-order valence-electron chi connectivity index (χ1n) is 21.3. The third-order valence-corrected chi connectivity index (χ3v) is 10.2. The van der Waals surface area contributed by atoms with Gasteiger partial charge in [0.2, 0.25) is 35.5 Å². The molecule has 32 nitrogen and oxygen atoms in total. The lowest BCUT2D eigenvalue weighted by Crippen LogP contribution is -2.59. The SMILES string of the molecule is N=C(N)NCCC[C@H](NC(=O)[C@@H](CC(=O)O)NC(=O)CC[C@H](NC(=O)c1ccc(NCc2cnc3nc(N)[nH]c(=O)c3n2)cc1)C(=O)O)C(=O)N[C@@H](CC(=O)O)C(=O)N[C@@H](CC(=O)O)C(=O)N[C@@H](CS)C(=O)O. The molecule has 6 amide bonds. The maximum atomic E-state index is 13.7. The molecule has 0 unspecified atom stereocenters. The van der Waals surface area contributed by atoms with E-state index in [0.717, 1.165) is 0 Å². The summed E-state index contributed by atoms with van der Waals surface area (Å²) in [7, 11) is 0. The predicted molar refractivity (Wildman–Crippen MR) is 251 cm³/mol. The first kappa shape index (κ1) is 58.1. The van der Waals surface area contributed by atoms with Crippen molar-refractivity contribution in [1.29, 1.82) is 5.41 Å². The molecule has 0 aliphatic carbocycles. The topological polar surface area (TPSA) is 533 Å². The molecule has 33 heteroatoms. The summed E-state index contributed by atoms with van der Waals surface area (Å²) in [5, 5.41) is 72.8. The Morgan fingerprint density at radius 3 is 1.68 bits per heavy atom. The number of nitrogens with two attached hydrogens (primary N) is 2. The van der Waals surface area contributed by atoms with E-state index in [1.807, 2.05) is 16.0 Å². The largest absolute Gasteiger partial charge is 0.481 e. The number of rotatable bonds is 30. The number of nitrogens with one attached hydrogen (secondary N) is 10. The number of amides is 6. The highest BCUT2D eigenvalue weighted by molar-refractivity contribution is 7.80. The molecule has 394 valence electrons. The number of nitrogen functional groups attached to an aromatic ring is 1. The molecule has 0 bridgehead atoms. The zero-order valence-electron chi connectivity index (χ0n) is 38.0. The fourth-order valence-electron chi connectivity index (χ4n) is 6.25. The number of thiol groups is 1. The first-order chi connectivity index (χ1) is 34.4. The van der Waals surface area contributed by atoms with Gasteiger partial charge in [0.05, 0.1) is 37.7 Å². The van der Waals surface area contributed by atoms with Crippen LogP contribution in [0.3, 0.4) is 0 Å². The molecular weight excluding hydrogens is 995 g/mol. The van der Waals surface area contributed by atoms with Gasteiger partial charge in [0.1, 0.15) is 36.3 Å². The van der Waals surface area contributed by atoms with E-state index in [9.17, 15) is 83.1 Å². The molecule has 1 aromatic carbocycles. The highest BCUT2D eigenvalue weighted by Gasteiger charge is 2.35. The molecule has 0 spiro atoms. The van der Waals surface area contributed by atoms with E-state index in [1.54, 1.807) is 0 Å². The van der Waals surface area contributed by atoms with Crippen molar-refractivity contribution in [3.63, 3.8) is 0 Å². The molecule has 3 aromatic rings. The maximum absolute atomic E-state index is 13.7. The number of carboxylic acid groups (broad SMARTS) is 5. The average molecular weight is 1050 g/mol. The van der Waals surface area contributed by atoms with Crippen molar-refractivity contribution in [3.05, 3.63) is 52.1 Å². The second-order valence-electron chi connectivity index (χ2n) is 15.5. The Labute approximate surface area is 415 Å². The molecule has 0 aliphatic heterocycles. The zero-order valence-corrected chi connectivity index (χ0v) is 38.9. The highest BCUT2D eigenvalue weighted by Crippen LogP contribution is 2.13. The fourth-order valence-corrected chi connectivity index (χ4v) is 6.50. The van der Waals surface area contributed by atoms with Gasteiger partial charge in [-0.05, 0) is 43.5 Å². The quantitative estimate of drug-likeness (QED) is 0.0129. The molecule has 3 rings (SSSR count). The number of carbonyl (C=O) groups excluding carboxylic acids is 6. The molecule has 0 saturated carbocycles. The van der Waals surface area contributed by atoms with Gasteiger partial charge in [-0.15, -0.1) is 0 Å².